The molecule has 7 heteroatoms. The van der Waals surface area contributed by atoms with Crippen LogP contribution in [0.4, 0.5) is 0 Å². The molecule has 0 N–H and O–H groups in total. The van der Waals surface area contributed by atoms with Crippen LogP contribution in [0.1, 0.15) is 233 Å². The fourth-order valence-corrected chi connectivity index (χ4v) is 8.24. The van der Waals surface area contributed by atoms with Gasteiger partial charge in [0.25, 0.3) is 0 Å². The Labute approximate surface area is 291 Å². The van der Waals surface area contributed by atoms with Gasteiger partial charge in [-0.3, -0.25) is 0 Å². The summed E-state index contributed by atoms with van der Waals surface area (Å²) in [4.78, 5) is 37.7. The summed E-state index contributed by atoms with van der Waals surface area (Å²) < 4.78 is 16.6. The van der Waals surface area contributed by atoms with Gasteiger partial charge in [-0.15, -0.1) is 0 Å². The van der Waals surface area contributed by atoms with Gasteiger partial charge in [0.1, 0.15) is 0 Å². The van der Waals surface area contributed by atoms with Crippen molar-refractivity contribution >= 4 is 35.2 Å². The maximum absolute atomic E-state index is 12.6. The second kappa shape index (κ2) is 36.9. The normalized spacial score (nSPS) is 11.0. The van der Waals surface area contributed by atoms with Gasteiger partial charge in [0.05, 0.1) is 0 Å². The third-order valence-corrected chi connectivity index (χ3v) is 11.8. The van der Waals surface area contributed by atoms with E-state index in [0.717, 1.165) is 57.8 Å². The van der Waals surface area contributed by atoms with E-state index in [2.05, 4.69) is 20.8 Å². The Morgan fingerprint density at radius 1 is 0.304 bits per heavy atom. The molecular weight excluding hydrogens is 634 g/mol. The van der Waals surface area contributed by atoms with Crippen LogP contribution in [0.3, 0.4) is 0 Å². The molecule has 0 aliphatic carbocycles. The van der Waals surface area contributed by atoms with Gasteiger partial charge in [0, 0.05) is 0 Å². The predicted molar refractivity (Wildman–Crippen MR) is 193 cm³/mol. The first-order valence-corrected chi connectivity index (χ1v) is 23.1. The topological polar surface area (TPSA) is 78.9 Å². The minimum absolute atomic E-state index is 0.282. The van der Waals surface area contributed by atoms with E-state index in [1.54, 1.807) is 0 Å². The number of carbonyl (C=O) groups is 3. The summed E-state index contributed by atoms with van der Waals surface area (Å²) in [5.74, 6) is -1.20. The minimum Gasteiger partial charge on any atom is -0.0654 e. The Balaban J connectivity index is 4.37. The van der Waals surface area contributed by atoms with E-state index >= 15 is 0 Å². The molecule has 0 aliphatic rings. The molecule has 0 radical (unpaired) electrons. The molecule has 0 aromatic rings. The molecular formula is C39H75GaO6. The van der Waals surface area contributed by atoms with Crippen LogP contribution < -0.4 is 0 Å². The Morgan fingerprint density at radius 2 is 0.478 bits per heavy atom. The molecule has 270 valence electrons. The van der Waals surface area contributed by atoms with Crippen molar-refractivity contribution in [2.45, 2.75) is 233 Å². The SMILES string of the molecule is CCCCCCCCCCCCC(=O)[O][Ga]([O]C(=O)CCCCCCCCCCCC)[O]C(=O)CCCCCCCCCCCC. The van der Waals surface area contributed by atoms with Crippen LogP contribution in [-0.4, -0.2) is 35.2 Å². The quantitative estimate of drug-likeness (QED) is 0.0476. The number of hydrogen-bond acceptors (Lipinski definition) is 6. The van der Waals surface area contributed by atoms with Crippen molar-refractivity contribution in [1.82, 2.24) is 0 Å². The molecule has 0 unspecified atom stereocenters. The summed E-state index contributed by atoms with van der Waals surface area (Å²) in [6.45, 7) is 6.72. The molecule has 0 aromatic heterocycles. The number of hydrogen-bond donors (Lipinski definition) is 0. The summed E-state index contributed by atoms with van der Waals surface area (Å²) in [7, 11) is 0. The second-order valence-electron chi connectivity index (χ2n) is 13.6. The Hall–Kier alpha value is -0.954. The van der Waals surface area contributed by atoms with Gasteiger partial charge in [-0.1, -0.05) is 40.0 Å². The first-order chi connectivity index (χ1) is 22.5. The van der Waals surface area contributed by atoms with E-state index in [-0.39, 0.29) is 19.3 Å². The van der Waals surface area contributed by atoms with Crippen LogP contribution in [-0.2, 0) is 25.0 Å². The van der Waals surface area contributed by atoms with Crippen LogP contribution >= 0.6 is 0 Å². The van der Waals surface area contributed by atoms with E-state index in [1.807, 2.05) is 0 Å². The third-order valence-electron chi connectivity index (χ3n) is 8.89. The molecule has 0 aromatic carbocycles. The van der Waals surface area contributed by atoms with Gasteiger partial charge in [-0.2, -0.15) is 0 Å². The van der Waals surface area contributed by atoms with Gasteiger partial charge < -0.3 is 0 Å². The molecule has 46 heavy (non-hydrogen) atoms. The minimum atomic E-state index is -3.78. The molecule has 0 atom stereocenters. The molecule has 6 nitrogen and oxygen atoms in total. The molecule has 0 saturated carbocycles. The van der Waals surface area contributed by atoms with Gasteiger partial charge in [0.2, 0.25) is 0 Å². The van der Waals surface area contributed by atoms with Crippen molar-refractivity contribution in [3.63, 3.8) is 0 Å². The standard InChI is InChI=1S/3C13H26O2.Ga/c3*1-2-3-4-5-6-7-8-9-10-11-12-13(14)15;/h3*2-12H2,1H3,(H,14,15);/q;;;+3/p-3. The summed E-state index contributed by atoms with van der Waals surface area (Å²) in [6, 6.07) is 0. The van der Waals surface area contributed by atoms with Crippen molar-refractivity contribution in [2.24, 2.45) is 0 Å². The second-order valence-corrected chi connectivity index (χ2v) is 16.2. The van der Waals surface area contributed by atoms with Gasteiger partial charge >= 0.3 is 253 Å². The number of rotatable bonds is 36. The van der Waals surface area contributed by atoms with Crippen LogP contribution in [0, 0.1) is 0 Å². The monoisotopic (exact) mass is 708 g/mol. The average molecular weight is 710 g/mol. The third kappa shape index (κ3) is 34.4. The van der Waals surface area contributed by atoms with Gasteiger partial charge in [0.15, 0.2) is 0 Å². The molecule has 0 spiro atoms. The smallest absolute Gasteiger partial charge is 0.0654 e. The fourth-order valence-electron chi connectivity index (χ4n) is 5.84. The summed E-state index contributed by atoms with van der Waals surface area (Å²) in [6.07, 6.45) is 36.5. The van der Waals surface area contributed by atoms with Crippen molar-refractivity contribution in [3.8, 4) is 0 Å². The van der Waals surface area contributed by atoms with E-state index < -0.39 is 35.2 Å². The van der Waals surface area contributed by atoms with Crippen molar-refractivity contribution in [2.75, 3.05) is 0 Å². The molecule has 0 fully saturated rings. The average Bonchev–Trinajstić information content (AvgIpc) is 3.03. The number of unbranched alkanes of at least 4 members (excludes halogenated alkanes) is 27. The fraction of sp³-hybridized carbons (Fsp3) is 0.923. The van der Waals surface area contributed by atoms with Crippen LogP contribution in [0.5, 0.6) is 0 Å². The van der Waals surface area contributed by atoms with Crippen molar-refractivity contribution in [3.05, 3.63) is 0 Å². The van der Waals surface area contributed by atoms with Gasteiger partial charge in [-0.05, 0) is 0 Å². The zero-order chi connectivity index (χ0) is 33.8. The van der Waals surface area contributed by atoms with Crippen LogP contribution in [0.25, 0.3) is 0 Å². The van der Waals surface area contributed by atoms with E-state index in [1.165, 1.54) is 135 Å². The first-order valence-electron chi connectivity index (χ1n) is 20.1. The molecule has 0 amide bonds. The Bertz CT molecular complexity index is 595. The van der Waals surface area contributed by atoms with Gasteiger partial charge in [-0.25, -0.2) is 0 Å². The number of carbonyl (C=O) groups excluding carboxylic acids is 3. The molecule has 0 bridgehead atoms. The molecule has 0 heterocycles. The predicted octanol–water partition coefficient (Wildman–Crippen LogP) is 12.5. The summed E-state index contributed by atoms with van der Waals surface area (Å²) in [5, 5.41) is 0. The van der Waals surface area contributed by atoms with E-state index in [0.29, 0.717) is 0 Å². The van der Waals surface area contributed by atoms with E-state index in [4.69, 9.17) is 10.6 Å². The summed E-state index contributed by atoms with van der Waals surface area (Å²) >= 11 is -3.78. The Kier molecular flexibility index (Phi) is 36.1. The van der Waals surface area contributed by atoms with Crippen LogP contribution in [0.2, 0.25) is 0 Å². The Morgan fingerprint density at radius 3 is 0.674 bits per heavy atom. The summed E-state index contributed by atoms with van der Waals surface area (Å²) in [5.41, 5.74) is 0. The molecule has 0 rings (SSSR count). The van der Waals surface area contributed by atoms with E-state index in [9.17, 15) is 14.4 Å². The zero-order valence-electron chi connectivity index (χ0n) is 30.9. The molecule has 0 saturated heterocycles. The molecule has 0 aliphatic heterocycles. The first kappa shape index (κ1) is 45.0. The van der Waals surface area contributed by atoms with Crippen LogP contribution in [0.15, 0.2) is 0 Å². The van der Waals surface area contributed by atoms with Crippen molar-refractivity contribution < 1.29 is 25.0 Å². The zero-order valence-corrected chi connectivity index (χ0v) is 33.3. The maximum atomic E-state index is 12.6. The van der Waals surface area contributed by atoms with Crippen molar-refractivity contribution in [1.29, 1.82) is 0 Å².